The van der Waals surface area contributed by atoms with Gasteiger partial charge in [-0.05, 0) is 37.9 Å². The average molecular weight is 381 g/mol. The third-order valence-electron chi connectivity index (χ3n) is 3.66. The highest BCUT2D eigenvalue weighted by atomic mass is 32.2. The van der Waals surface area contributed by atoms with Crippen LogP contribution < -0.4 is 5.32 Å². The van der Waals surface area contributed by atoms with Crippen molar-refractivity contribution in [3.8, 4) is 0 Å². The number of benzene rings is 2. The van der Waals surface area contributed by atoms with Gasteiger partial charge in [-0.25, -0.2) is 12.8 Å². The molecule has 0 fully saturated rings. The summed E-state index contributed by atoms with van der Waals surface area (Å²) >= 11 is 0. The Kier molecular flexibility index (Phi) is 5.94. The molecule has 2 aromatic rings. The Labute approximate surface area is 151 Å². The van der Waals surface area contributed by atoms with Crippen molar-refractivity contribution < 1.29 is 17.7 Å². The highest BCUT2D eigenvalue weighted by molar-refractivity contribution is 7.90. The number of nitrogens with zero attached hydrogens (tertiary/aromatic N) is 2. The third-order valence-corrected chi connectivity index (χ3v) is 4.78. The zero-order chi connectivity index (χ0) is 19.5. The van der Waals surface area contributed by atoms with Gasteiger partial charge in [-0.1, -0.05) is 12.1 Å². The number of sulfone groups is 1. The molecule has 26 heavy (non-hydrogen) atoms. The molecule has 140 valence electrons. The van der Waals surface area contributed by atoms with Gasteiger partial charge in [0, 0.05) is 36.7 Å². The van der Waals surface area contributed by atoms with Crippen molar-refractivity contribution in [3.63, 3.8) is 0 Å². The van der Waals surface area contributed by atoms with E-state index in [1.54, 1.807) is 12.1 Å². The van der Waals surface area contributed by atoms with Crippen LogP contribution in [0.3, 0.4) is 0 Å². The van der Waals surface area contributed by atoms with Crippen LogP contribution in [0, 0.1) is 15.9 Å². The van der Waals surface area contributed by atoms with Crippen LogP contribution in [0.4, 0.5) is 15.8 Å². The summed E-state index contributed by atoms with van der Waals surface area (Å²) in [6, 6.07) is 8.66. The first-order valence-electron chi connectivity index (χ1n) is 7.72. The summed E-state index contributed by atoms with van der Waals surface area (Å²) in [5, 5.41) is 13.9. The van der Waals surface area contributed by atoms with Gasteiger partial charge in [-0.3, -0.25) is 10.1 Å². The molecule has 0 atom stereocenters. The minimum absolute atomic E-state index is 0.250. The van der Waals surface area contributed by atoms with Crippen LogP contribution in [0.2, 0.25) is 0 Å². The summed E-state index contributed by atoms with van der Waals surface area (Å²) in [7, 11) is -0.0540. The number of rotatable bonds is 7. The third kappa shape index (κ3) is 4.99. The Balaban J connectivity index is 2.20. The second-order valence-corrected chi connectivity index (χ2v) is 8.21. The molecule has 0 unspecified atom stereocenters. The minimum atomic E-state index is -3.75. The number of nitro benzene ring substituents is 1. The van der Waals surface area contributed by atoms with Crippen LogP contribution in [-0.4, -0.2) is 38.6 Å². The van der Waals surface area contributed by atoms with Crippen molar-refractivity contribution in [2.45, 2.75) is 18.0 Å². The van der Waals surface area contributed by atoms with Crippen LogP contribution in [0.1, 0.15) is 11.1 Å². The Morgan fingerprint density at radius 3 is 2.42 bits per heavy atom. The Hall–Kier alpha value is -2.52. The van der Waals surface area contributed by atoms with Gasteiger partial charge >= 0.3 is 0 Å². The molecule has 9 heteroatoms. The van der Waals surface area contributed by atoms with Gasteiger partial charge in [0.15, 0.2) is 9.84 Å². The van der Waals surface area contributed by atoms with E-state index in [-0.39, 0.29) is 17.3 Å². The number of hydrogen-bond donors (Lipinski definition) is 1. The number of halogens is 1. The molecule has 0 spiro atoms. The Morgan fingerprint density at radius 1 is 1.19 bits per heavy atom. The van der Waals surface area contributed by atoms with E-state index in [1.807, 2.05) is 19.0 Å². The van der Waals surface area contributed by atoms with Crippen LogP contribution in [0.25, 0.3) is 0 Å². The average Bonchev–Trinajstić information content (AvgIpc) is 2.53. The summed E-state index contributed by atoms with van der Waals surface area (Å²) in [5.74, 6) is -0.321. The van der Waals surface area contributed by atoms with E-state index in [0.717, 1.165) is 12.3 Å². The minimum Gasteiger partial charge on any atom is -0.381 e. The van der Waals surface area contributed by atoms with E-state index < -0.39 is 20.4 Å². The predicted octanol–water partition coefficient (Wildman–Crippen LogP) is 2.81. The predicted molar refractivity (Wildman–Crippen MR) is 97.3 cm³/mol. The van der Waals surface area contributed by atoms with Crippen molar-refractivity contribution >= 4 is 21.2 Å². The van der Waals surface area contributed by atoms with Crippen LogP contribution in [0.5, 0.6) is 0 Å². The number of nitrogens with one attached hydrogen (secondary N) is 1. The molecule has 7 nitrogen and oxygen atoms in total. The SMILES string of the molecule is CN(C)Cc1ccc(CNc2ccc([N+](=O)[O-])c(S(C)(=O)=O)c2)cc1F. The number of nitro groups is 1. The van der Waals surface area contributed by atoms with Gasteiger partial charge in [0.2, 0.25) is 0 Å². The highest BCUT2D eigenvalue weighted by Crippen LogP contribution is 2.27. The molecule has 2 aromatic carbocycles. The van der Waals surface area contributed by atoms with Crippen LogP contribution in [-0.2, 0) is 22.9 Å². The lowest BCUT2D eigenvalue weighted by atomic mass is 10.1. The maximum absolute atomic E-state index is 14.1. The van der Waals surface area contributed by atoms with Crippen molar-refractivity contribution in [2.24, 2.45) is 0 Å². The van der Waals surface area contributed by atoms with Gasteiger partial charge in [0.1, 0.15) is 10.7 Å². The van der Waals surface area contributed by atoms with E-state index in [9.17, 15) is 22.9 Å². The molecule has 0 heterocycles. The van der Waals surface area contributed by atoms with Gasteiger partial charge in [-0.15, -0.1) is 0 Å². The first-order chi connectivity index (χ1) is 12.1. The second kappa shape index (κ2) is 7.79. The van der Waals surface area contributed by atoms with E-state index in [4.69, 9.17) is 0 Å². The zero-order valence-electron chi connectivity index (χ0n) is 14.7. The quantitative estimate of drug-likeness (QED) is 0.586. The molecule has 0 radical (unpaired) electrons. The number of hydrogen-bond acceptors (Lipinski definition) is 6. The molecule has 0 aliphatic rings. The normalized spacial score (nSPS) is 11.6. The fourth-order valence-electron chi connectivity index (χ4n) is 2.45. The molecule has 0 aliphatic carbocycles. The van der Waals surface area contributed by atoms with Crippen molar-refractivity contribution in [1.29, 1.82) is 0 Å². The molecule has 0 amide bonds. The summed E-state index contributed by atoms with van der Waals surface area (Å²) in [5.41, 5.74) is 1.17. The topological polar surface area (TPSA) is 92.5 Å². The maximum Gasteiger partial charge on any atom is 0.288 e. The van der Waals surface area contributed by atoms with Gasteiger partial charge < -0.3 is 10.2 Å². The van der Waals surface area contributed by atoms with E-state index in [2.05, 4.69) is 5.32 Å². The maximum atomic E-state index is 14.1. The number of anilines is 1. The standard InChI is InChI=1S/C17H20FN3O4S/c1-20(2)11-13-5-4-12(8-15(13)18)10-19-14-6-7-16(21(22)23)17(9-14)26(3,24)25/h4-9,19H,10-11H2,1-3H3. The smallest absolute Gasteiger partial charge is 0.288 e. The first-order valence-corrected chi connectivity index (χ1v) is 9.61. The summed E-state index contributed by atoms with van der Waals surface area (Å²) in [4.78, 5) is 11.7. The molecule has 0 saturated heterocycles. The Bertz CT molecular complexity index is 930. The molecule has 1 N–H and O–H groups in total. The molecule has 2 rings (SSSR count). The van der Waals surface area contributed by atoms with Crippen molar-refractivity contribution in [1.82, 2.24) is 4.90 Å². The zero-order valence-corrected chi connectivity index (χ0v) is 15.5. The van der Waals surface area contributed by atoms with Crippen molar-refractivity contribution in [3.05, 3.63) is 63.5 Å². The van der Waals surface area contributed by atoms with Crippen LogP contribution in [0.15, 0.2) is 41.3 Å². The summed E-state index contributed by atoms with van der Waals surface area (Å²) < 4.78 is 37.6. The summed E-state index contributed by atoms with van der Waals surface area (Å²) in [6.07, 6.45) is 0.915. The largest absolute Gasteiger partial charge is 0.381 e. The molecule has 0 aliphatic heterocycles. The van der Waals surface area contributed by atoms with Gasteiger partial charge in [0.05, 0.1) is 4.92 Å². The van der Waals surface area contributed by atoms with E-state index >= 15 is 0 Å². The lowest BCUT2D eigenvalue weighted by Gasteiger charge is -2.12. The monoisotopic (exact) mass is 381 g/mol. The van der Waals surface area contributed by atoms with E-state index in [0.29, 0.717) is 23.4 Å². The Morgan fingerprint density at radius 2 is 1.88 bits per heavy atom. The molecule has 0 aromatic heterocycles. The van der Waals surface area contributed by atoms with Gasteiger partial charge in [-0.2, -0.15) is 0 Å². The van der Waals surface area contributed by atoms with Crippen LogP contribution >= 0.6 is 0 Å². The second-order valence-electron chi connectivity index (χ2n) is 6.23. The first kappa shape index (κ1) is 19.8. The fraction of sp³-hybridized carbons (Fsp3) is 0.294. The highest BCUT2D eigenvalue weighted by Gasteiger charge is 2.22. The molecular formula is C17H20FN3O4S. The lowest BCUT2D eigenvalue weighted by Crippen LogP contribution is -2.12. The van der Waals surface area contributed by atoms with Gasteiger partial charge in [0.25, 0.3) is 5.69 Å². The fourth-order valence-corrected chi connectivity index (χ4v) is 3.31. The molecule has 0 bridgehead atoms. The van der Waals surface area contributed by atoms with E-state index in [1.165, 1.54) is 18.2 Å². The molecule has 0 saturated carbocycles. The summed E-state index contributed by atoms with van der Waals surface area (Å²) in [6.45, 7) is 0.736. The lowest BCUT2D eigenvalue weighted by molar-refractivity contribution is -0.387. The van der Waals surface area contributed by atoms with Crippen molar-refractivity contribution in [2.75, 3.05) is 25.7 Å². The molecular weight excluding hydrogens is 361 g/mol.